The van der Waals surface area contributed by atoms with Crippen molar-refractivity contribution in [3.8, 4) is 17.2 Å². The Morgan fingerprint density at radius 3 is 2.48 bits per heavy atom. The van der Waals surface area contributed by atoms with E-state index in [1.165, 1.54) is 34.8 Å². The number of carbonyl (C=O) groups excluding carboxylic acids is 1. The fourth-order valence-electron chi connectivity index (χ4n) is 5.33. The third-order valence-corrected chi connectivity index (χ3v) is 9.37. The number of methoxy groups -OCH3 is 2. The normalized spacial score (nSPS) is 14.4. The zero-order valence-corrected chi connectivity index (χ0v) is 27.5. The Kier molecular flexibility index (Phi) is 8.48. The van der Waals surface area contributed by atoms with Crippen molar-refractivity contribution in [2.24, 2.45) is 4.99 Å². The van der Waals surface area contributed by atoms with Crippen LogP contribution in [0, 0.1) is 0 Å². The summed E-state index contributed by atoms with van der Waals surface area (Å²) < 4.78 is 20.6. The Bertz CT molecular complexity index is 2340. The zero-order valence-electron chi connectivity index (χ0n) is 25.9. The summed E-state index contributed by atoms with van der Waals surface area (Å²) in [6, 6.07) is 26.8. The molecule has 0 saturated carbocycles. The minimum Gasteiger partial charge on any atom is -0.493 e. The van der Waals surface area contributed by atoms with E-state index in [-0.39, 0.29) is 11.5 Å². The largest absolute Gasteiger partial charge is 0.493 e. The molecule has 1 atom stereocenters. The van der Waals surface area contributed by atoms with E-state index in [2.05, 4.69) is 20.8 Å². The van der Waals surface area contributed by atoms with Gasteiger partial charge in [-0.1, -0.05) is 53.8 Å². The number of amides is 1. The average molecular weight is 678 g/mol. The molecule has 1 amide bonds. The van der Waals surface area contributed by atoms with E-state index in [1.807, 2.05) is 54.6 Å². The van der Waals surface area contributed by atoms with E-state index in [0.29, 0.717) is 59.4 Å². The molecular weight excluding hydrogens is 651 g/mol. The van der Waals surface area contributed by atoms with Crippen LogP contribution in [-0.2, 0) is 4.79 Å². The highest BCUT2D eigenvalue weighted by molar-refractivity contribution is 7.99. The number of tetrazole rings is 1. The van der Waals surface area contributed by atoms with Crippen LogP contribution in [-0.4, -0.2) is 44.9 Å². The smallest absolute Gasteiger partial charge is 0.271 e. The summed E-state index contributed by atoms with van der Waals surface area (Å²) in [5.74, 6) is 1.08. The van der Waals surface area contributed by atoms with E-state index >= 15 is 0 Å². The number of allylic oxidation sites excluding steroid dienone is 1. The van der Waals surface area contributed by atoms with Crippen molar-refractivity contribution >= 4 is 40.8 Å². The minimum atomic E-state index is -0.800. The molecule has 0 spiro atoms. The Balaban J connectivity index is 1.27. The van der Waals surface area contributed by atoms with Crippen LogP contribution in [0.5, 0.6) is 11.5 Å². The van der Waals surface area contributed by atoms with Gasteiger partial charge in [-0.25, -0.2) is 4.99 Å². The van der Waals surface area contributed by atoms with Crippen LogP contribution in [0.15, 0.2) is 127 Å². The van der Waals surface area contributed by atoms with Crippen molar-refractivity contribution in [2.75, 3.05) is 19.5 Å². The van der Waals surface area contributed by atoms with Crippen molar-refractivity contribution in [1.82, 2.24) is 24.8 Å². The van der Waals surface area contributed by atoms with Gasteiger partial charge in [0.2, 0.25) is 5.16 Å². The monoisotopic (exact) mass is 677 g/mol. The van der Waals surface area contributed by atoms with Gasteiger partial charge in [-0.05, 0) is 83.2 Å². The number of nitrogens with one attached hydrogen (secondary N) is 1. The Morgan fingerprint density at radius 2 is 1.73 bits per heavy atom. The maximum atomic E-state index is 14.2. The first-order valence-electron chi connectivity index (χ1n) is 14.7. The molecule has 48 heavy (non-hydrogen) atoms. The minimum absolute atomic E-state index is 0.324. The standard InChI is InChI=1S/C34H27N7O5S2/c1-20-29(31(42)36-22-10-6-4-7-11-22)30(21-14-16-25(44-2)26(18-21)45-3)40-32(43)27(47-33(40)35-20)19-24-15-17-28(46-24)48-34-37-38-39-41(34)23-12-8-5-9-13-23/h4-19,30H,1-3H3,(H,36,42)/b27-19-/t30-/m1/s1. The molecule has 1 N–H and O–H groups in total. The molecule has 0 bridgehead atoms. The second kappa shape index (κ2) is 13.2. The number of anilines is 1. The van der Waals surface area contributed by atoms with Crippen LogP contribution in [0.1, 0.15) is 24.3 Å². The highest BCUT2D eigenvalue weighted by Gasteiger charge is 2.33. The van der Waals surface area contributed by atoms with Crippen molar-refractivity contribution in [1.29, 1.82) is 0 Å². The summed E-state index contributed by atoms with van der Waals surface area (Å²) in [6.45, 7) is 1.77. The number of ether oxygens (including phenoxy) is 2. The molecule has 0 saturated heterocycles. The van der Waals surface area contributed by atoms with Crippen LogP contribution in [0.2, 0.25) is 0 Å². The fraction of sp³-hybridized carbons (Fsp3) is 0.118. The Labute approximate surface area is 281 Å². The maximum absolute atomic E-state index is 14.2. The molecule has 3 aromatic heterocycles. The van der Waals surface area contributed by atoms with Gasteiger partial charge in [0.05, 0.1) is 41.8 Å². The topological polar surface area (TPSA) is 139 Å². The van der Waals surface area contributed by atoms with E-state index < -0.39 is 6.04 Å². The first-order chi connectivity index (χ1) is 23.4. The van der Waals surface area contributed by atoms with Gasteiger partial charge < -0.3 is 19.2 Å². The predicted molar refractivity (Wildman–Crippen MR) is 180 cm³/mol. The third kappa shape index (κ3) is 5.94. The van der Waals surface area contributed by atoms with Gasteiger partial charge in [-0.15, -0.1) is 5.10 Å². The molecule has 6 aromatic rings. The Morgan fingerprint density at radius 1 is 0.979 bits per heavy atom. The first-order valence-corrected chi connectivity index (χ1v) is 16.3. The number of hydrogen-bond acceptors (Lipinski definition) is 11. The summed E-state index contributed by atoms with van der Waals surface area (Å²) >= 11 is 2.47. The third-order valence-electron chi connectivity index (χ3n) is 7.53. The molecule has 12 nitrogen and oxygen atoms in total. The van der Waals surface area contributed by atoms with Crippen molar-refractivity contribution < 1.29 is 18.7 Å². The van der Waals surface area contributed by atoms with E-state index in [4.69, 9.17) is 18.9 Å². The summed E-state index contributed by atoms with van der Waals surface area (Å²) in [5, 5.41) is 16.1. The van der Waals surface area contributed by atoms with Crippen molar-refractivity contribution in [2.45, 2.75) is 23.2 Å². The van der Waals surface area contributed by atoms with Crippen LogP contribution in [0.4, 0.5) is 5.69 Å². The van der Waals surface area contributed by atoms with Crippen molar-refractivity contribution in [3.63, 3.8) is 0 Å². The lowest BCUT2D eigenvalue weighted by Crippen LogP contribution is -2.40. The molecule has 0 fully saturated rings. The average Bonchev–Trinajstić information content (AvgIpc) is 3.84. The molecule has 1 aliphatic heterocycles. The second-order valence-electron chi connectivity index (χ2n) is 10.5. The molecule has 1 aliphatic rings. The second-order valence-corrected chi connectivity index (χ2v) is 12.5. The van der Waals surface area contributed by atoms with E-state index in [0.717, 1.165) is 5.69 Å². The molecule has 4 heterocycles. The van der Waals surface area contributed by atoms with Gasteiger partial charge in [0, 0.05) is 11.8 Å². The van der Waals surface area contributed by atoms with Gasteiger partial charge in [0.1, 0.15) is 5.76 Å². The molecular formula is C34H27N7O5S2. The number of aromatic nitrogens is 5. The van der Waals surface area contributed by atoms with Crippen LogP contribution < -0.4 is 29.7 Å². The van der Waals surface area contributed by atoms with Gasteiger partial charge in [-0.3, -0.25) is 14.2 Å². The summed E-state index contributed by atoms with van der Waals surface area (Å²) in [7, 11) is 3.09. The fourth-order valence-corrected chi connectivity index (χ4v) is 7.12. The lowest BCUT2D eigenvalue weighted by atomic mass is 9.94. The lowest BCUT2D eigenvalue weighted by Gasteiger charge is -2.26. The molecule has 7 rings (SSSR count). The van der Waals surface area contributed by atoms with Gasteiger partial charge in [0.25, 0.3) is 11.5 Å². The number of benzene rings is 3. The number of para-hydroxylation sites is 2. The SMILES string of the molecule is COc1ccc([C@@H]2C(C(=O)Nc3ccccc3)=C(C)N=c3s/c(=C\c4ccc(Sc5nnnn5-c5ccccc5)o4)c(=O)n32)cc1OC. The summed E-state index contributed by atoms with van der Waals surface area (Å²) in [6.07, 6.45) is 1.67. The van der Waals surface area contributed by atoms with Crippen molar-refractivity contribution in [3.05, 3.63) is 133 Å². The number of rotatable bonds is 9. The number of thiazole rings is 1. The molecule has 14 heteroatoms. The zero-order chi connectivity index (χ0) is 33.2. The molecule has 0 unspecified atom stereocenters. The number of furan rings is 1. The number of nitrogens with zero attached hydrogens (tertiary/aromatic N) is 6. The molecule has 0 radical (unpaired) electrons. The molecule has 240 valence electrons. The molecule has 0 aliphatic carbocycles. The number of fused-ring (bicyclic) bond motifs is 1. The summed E-state index contributed by atoms with van der Waals surface area (Å²) in [4.78, 5) is 33.2. The van der Waals surface area contributed by atoms with Crippen LogP contribution in [0.3, 0.4) is 0 Å². The summed E-state index contributed by atoms with van der Waals surface area (Å²) in [5.41, 5.74) is 2.58. The van der Waals surface area contributed by atoms with Crippen LogP contribution in [0.25, 0.3) is 11.8 Å². The van der Waals surface area contributed by atoms with E-state index in [9.17, 15) is 9.59 Å². The van der Waals surface area contributed by atoms with E-state index in [1.54, 1.807) is 61.2 Å². The highest BCUT2D eigenvalue weighted by atomic mass is 32.2. The number of carbonyl (C=O) groups is 1. The molecule has 3 aromatic carbocycles. The first kappa shape index (κ1) is 30.9. The van der Waals surface area contributed by atoms with Crippen LogP contribution >= 0.6 is 23.1 Å². The van der Waals surface area contributed by atoms with Gasteiger partial charge >= 0.3 is 0 Å². The predicted octanol–water partition coefficient (Wildman–Crippen LogP) is 4.61. The van der Waals surface area contributed by atoms with Gasteiger partial charge in [0.15, 0.2) is 21.4 Å². The highest BCUT2D eigenvalue weighted by Crippen LogP contribution is 2.36. The maximum Gasteiger partial charge on any atom is 0.271 e. The lowest BCUT2D eigenvalue weighted by molar-refractivity contribution is -0.113. The quantitative estimate of drug-likeness (QED) is 0.233. The van der Waals surface area contributed by atoms with Gasteiger partial charge in [-0.2, -0.15) is 4.68 Å². The number of hydrogen-bond donors (Lipinski definition) is 1. The Hall–Kier alpha value is -5.73.